The first kappa shape index (κ1) is 22.9. The number of rotatable bonds is 6. The number of hydrogen-bond donors (Lipinski definition) is 2. The fourth-order valence-corrected chi connectivity index (χ4v) is 4.44. The number of nitrogens with one attached hydrogen (secondary N) is 2. The number of benzene rings is 1. The van der Waals surface area contributed by atoms with Crippen LogP contribution in [0.5, 0.6) is 0 Å². The first-order valence-corrected chi connectivity index (χ1v) is 10.5. The zero-order valence-corrected chi connectivity index (χ0v) is 17.0. The topological polar surface area (TPSA) is 58.2 Å². The Labute approximate surface area is 169 Å². The van der Waals surface area contributed by atoms with Crippen LogP contribution in [-0.4, -0.2) is 44.4 Å². The van der Waals surface area contributed by atoms with E-state index in [-0.39, 0.29) is 31.0 Å². The monoisotopic (exact) mass is 436 g/mol. The van der Waals surface area contributed by atoms with E-state index in [2.05, 4.69) is 5.32 Å². The zero-order chi connectivity index (χ0) is 19.7. The van der Waals surface area contributed by atoms with E-state index >= 15 is 4.39 Å². The van der Waals surface area contributed by atoms with Gasteiger partial charge >= 0.3 is 0 Å². The van der Waals surface area contributed by atoms with Crippen molar-refractivity contribution in [2.75, 3.05) is 12.3 Å². The van der Waals surface area contributed by atoms with Crippen molar-refractivity contribution < 1.29 is 21.6 Å². The highest BCUT2D eigenvalue weighted by atomic mass is 35.5. The second-order valence-electron chi connectivity index (χ2n) is 7.08. The van der Waals surface area contributed by atoms with E-state index in [0.29, 0.717) is 0 Å². The zero-order valence-electron chi connectivity index (χ0n) is 15.4. The average molecular weight is 437 g/mol. The molecule has 0 bridgehead atoms. The minimum Gasteiger partial charge on any atom is -0.306 e. The molecule has 1 aliphatic carbocycles. The van der Waals surface area contributed by atoms with Crippen molar-refractivity contribution in [1.82, 2.24) is 10.0 Å². The molecule has 3 atom stereocenters. The predicted octanol–water partition coefficient (Wildman–Crippen LogP) is 3.47. The molecule has 0 spiro atoms. The van der Waals surface area contributed by atoms with Gasteiger partial charge in [-0.2, -0.15) is 0 Å². The number of sulfonamides is 1. The van der Waals surface area contributed by atoms with Crippen LogP contribution in [0.4, 0.5) is 13.2 Å². The van der Waals surface area contributed by atoms with Crippen molar-refractivity contribution in [3.05, 3.63) is 54.1 Å². The summed E-state index contributed by atoms with van der Waals surface area (Å²) in [6.45, 7) is 0.686. The van der Waals surface area contributed by atoms with Gasteiger partial charge in [0.25, 0.3) is 5.92 Å². The summed E-state index contributed by atoms with van der Waals surface area (Å²) >= 11 is 0. The van der Waals surface area contributed by atoms with Gasteiger partial charge in [-0.05, 0) is 24.1 Å². The molecule has 0 aromatic heterocycles. The lowest BCUT2D eigenvalue weighted by molar-refractivity contribution is -0.00302. The third-order valence-corrected chi connectivity index (χ3v) is 6.40. The smallest absolute Gasteiger partial charge is 0.277 e. The summed E-state index contributed by atoms with van der Waals surface area (Å²) in [5.41, 5.74) is -0.193. The quantitative estimate of drug-likeness (QED) is 0.718. The lowest BCUT2D eigenvalue weighted by Crippen LogP contribution is -2.52. The van der Waals surface area contributed by atoms with Crippen molar-refractivity contribution >= 4 is 28.0 Å². The number of allylic oxidation sites excluding steroid dienone is 4. The third kappa shape index (κ3) is 5.17. The van der Waals surface area contributed by atoms with Crippen LogP contribution in [0.3, 0.4) is 0 Å². The van der Waals surface area contributed by atoms with Crippen LogP contribution in [0.15, 0.2) is 48.6 Å². The highest BCUT2D eigenvalue weighted by Gasteiger charge is 2.53. The van der Waals surface area contributed by atoms with E-state index in [1.807, 2.05) is 35.1 Å². The Kier molecular flexibility index (Phi) is 7.02. The van der Waals surface area contributed by atoms with E-state index in [0.717, 1.165) is 11.1 Å². The molecular formula is C19H24ClF3N2O2S. The van der Waals surface area contributed by atoms with Gasteiger partial charge in [0, 0.05) is 18.9 Å². The maximum Gasteiger partial charge on any atom is 0.277 e. The fraction of sp³-hybridized carbons (Fsp3) is 0.474. The van der Waals surface area contributed by atoms with Gasteiger partial charge in [-0.25, -0.2) is 26.3 Å². The first-order valence-electron chi connectivity index (χ1n) is 8.88. The summed E-state index contributed by atoms with van der Waals surface area (Å²) in [5.74, 6) is -3.59. The minimum atomic E-state index is -3.84. The summed E-state index contributed by atoms with van der Waals surface area (Å²) in [5, 5.41) is 2.60. The van der Waals surface area contributed by atoms with E-state index in [9.17, 15) is 17.2 Å². The molecule has 156 valence electrons. The van der Waals surface area contributed by atoms with Crippen molar-refractivity contribution in [3.8, 4) is 0 Å². The Balaban J connectivity index is 0.00000280. The lowest BCUT2D eigenvalue weighted by atomic mass is 9.82. The van der Waals surface area contributed by atoms with Crippen LogP contribution in [0, 0.1) is 0 Å². The molecule has 3 rings (SSSR count). The van der Waals surface area contributed by atoms with Crippen molar-refractivity contribution in [2.45, 2.75) is 43.4 Å². The Hall–Kier alpha value is -1.35. The van der Waals surface area contributed by atoms with Crippen molar-refractivity contribution in [2.24, 2.45) is 0 Å². The second-order valence-corrected chi connectivity index (χ2v) is 9.12. The van der Waals surface area contributed by atoms with Crippen molar-refractivity contribution in [3.63, 3.8) is 0 Å². The van der Waals surface area contributed by atoms with Gasteiger partial charge in [-0.1, -0.05) is 42.5 Å². The molecule has 1 aliphatic heterocycles. The van der Waals surface area contributed by atoms with Crippen LogP contribution in [0.2, 0.25) is 0 Å². The van der Waals surface area contributed by atoms with Crippen LogP contribution in [0.25, 0.3) is 5.57 Å². The number of hydrogen-bond acceptors (Lipinski definition) is 3. The van der Waals surface area contributed by atoms with Crippen LogP contribution in [-0.2, 0) is 10.0 Å². The van der Waals surface area contributed by atoms with Crippen molar-refractivity contribution in [1.29, 1.82) is 0 Å². The fourth-order valence-electron chi connectivity index (χ4n) is 3.55. The third-order valence-electron chi connectivity index (χ3n) is 5.02. The predicted molar refractivity (Wildman–Crippen MR) is 107 cm³/mol. The molecule has 4 nitrogen and oxygen atoms in total. The van der Waals surface area contributed by atoms with E-state index in [1.54, 1.807) is 12.2 Å². The van der Waals surface area contributed by atoms with Crippen LogP contribution >= 0.6 is 12.4 Å². The van der Waals surface area contributed by atoms with E-state index < -0.39 is 40.2 Å². The van der Waals surface area contributed by atoms with E-state index in [1.165, 1.54) is 13.0 Å². The maximum atomic E-state index is 15.5. The summed E-state index contributed by atoms with van der Waals surface area (Å²) in [6, 6.07) is 6.62. The molecule has 0 radical (unpaired) electrons. The molecule has 1 saturated heterocycles. The van der Waals surface area contributed by atoms with Crippen LogP contribution in [0.1, 0.15) is 25.3 Å². The average Bonchev–Trinajstić information content (AvgIpc) is 2.89. The summed E-state index contributed by atoms with van der Waals surface area (Å²) in [6.07, 6.45) is 4.55. The first-order chi connectivity index (χ1) is 12.6. The normalized spacial score (nSPS) is 29.2. The van der Waals surface area contributed by atoms with E-state index in [4.69, 9.17) is 0 Å². The van der Waals surface area contributed by atoms with Gasteiger partial charge < -0.3 is 5.32 Å². The highest BCUT2D eigenvalue weighted by Crippen LogP contribution is 2.39. The Morgan fingerprint density at radius 1 is 1.21 bits per heavy atom. The Morgan fingerprint density at radius 2 is 1.89 bits per heavy atom. The molecular weight excluding hydrogens is 413 g/mol. The molecule has 1 aromatic carbocycles. The molecule has 0 unspecified atom stereocenters. The Bertz CT molecular complexity index is 846. The molecule has 0 saturated carbocycles. The van der Waals surface area contributed by atoms with Gasteiger partial charge in [-0.15, -0.1) is 12.4 Å². The largest absolute Gasteiger partial charge is 0.306 e. The van der Waals surface area contributed by atoms with Gasteiger partial charge in [-0.3, -0.25) is 0 Å². The highest BCUT2D eigenvalue weighted by molar-refractivity contribution is 7.89. The second kappa shape index (κ2) is 8.57. The van der Waals surface area contributed by atoms with Gasteiger partial charge in [0.15, 0.2) is 0 Å². The molecule has 2 aliphatic rings. The minimum absolute atomic E-state index is 0. The SMILES string of the molecule is CCS(=O)(=O)N[C@@H]1[C@H](C[C@@]2(F)C=CC=C(c3ccccc3)C2)NCC1(F)F.Cl. The van der Waals surface area contributed by atoms with Gasteiger partial charge in [0.2, 0.25) is 10.0 Å². The number of halogens is 4. The molecule has 28 heavy (non-hydrogen) atoms. The van der Waals surface area contributed by atoms with Gasteiger partial charge in [0.1, 0.15) is 11.7 Å². The summed E-state index contributed by atoms with van der Waals surface area (Å²) in [7, 11) is -3.84. The lowest BCUT2D eigenvalue weighted by Gasteiger charge is -2.32. The summed E-state index contributed by atoms with van der Waals surface area (Å²) < 4.78 is 69.6. The molecule has 0 amide bonds. The van der Waals surface area contributed by atoms with Crippen LogP contribution < -0.4 is 10.0 Å². The standard InChI is InChI=1S/C19H23F3N2O2S.ClH/c1-2-27(25,26)24-17-16(23-13-19(17,21)22)12-18(20)10-6-9-15(11-18)14-7-4-3-5-8-14;/h3-10,16-17,23-24H,2,11-13H2,1H3;1H/t16-,17+,18+;/m0./s1. The Morgan fingerprint density at radius 3 is 2.54 bits per heavy atom. The molecule has 2 N–H and O–H groups in total. The molecule has 1 heterocycles. The number of alkyl halides is 3. The molecule has 9 heteroatoms. The molecule has 1 aromatic rings. The summed E-state index contributed by atoms with van der Waals surface area (Å²) in [4.78, 5) is 0. The maximum absolute atomic E-state index is 15.5. The molecule has 1 fully saturated rings. The van der Waals surface area contributed by atoms with Gasteiger partial charge in [0.05, 0.1) is 12.3 Å².